The third-order valence-electron chi connectivity index (χ3n) is 2.94. The minimum atomic E-state index is -0.357. The van der Waals surface area contributed by atoms with E-state index in [4.69, 9.17) is 9.47 Å². The lowest BCUT2D eigenvalue weighted by molar-refractivity contribution is -0.144. The zero-order chi connectivity index (χ0) is 13.0. The van der Waals surface area contributed by atoms with Gasteiger partial charge in [-0.3, -0.25) is 4.99 Å². The van der Waals surface area contributed by atoms with E-state index in [1.807, 2.05) is 24.3 Å². The fourth-order valence-corrected chi connectivity index (χ4v) is 2.09. The molecule has 0 spiro atoms. The third kappa shape index (κ3) is 2.53. The van der Waals surface area contributed by atoms with Crippen LogP contribution in [0.15, 0.2) is 29.3 Å². The Morgan fingerprint density at radius 3 is 2.94 bits per heavy atom. The fraction of sp³-hybridized carbons (Fsp3) is 0.429. The molecular weight excluding hydrogens is 230 g/mol. The molecule has 1 aromatic carbocycles. The molecule has 0 saturated carbocycles. The van der Waals surface area contributed by atoms with E-state index in [0.29, 0.717) is 13.0 Å². The Morgan fingerprint density at radius 2 is 2.22 bits per heavy atom. The average Bonchev–Trinajstić information content (AvgIpc) is 2.88. The van der Waals surface area contributed by atoms with E-state index in [-0.39, 0.29) is 12.0 Å². The molecule has 1 aliphatic rings. The van der Waals surface area contributed by atoms with E-state index in [2.05, 4.69) is 4.99 Å². The first-order valence-corrected chi connectivity index (χ1v) is 6.13. The Hall–Kier alpha value is -1.84. The standard InChI is InChI=1S/C14H17NO3/c1-3-18-14(16)12-9-8-11(15-12)10-6-4-5-7-13(10)17-2/h4-7,12H,3,8-9H2,1-2H3/t12-/m0/s1. The van der Waals surface area contributed by atoms with Gasteiger partial charge in [0.15, 0.2) is 0 Å². The topological polar surface area (TPSA) is 47.9 Å². The van der Waals surface area contributed by atoms with Crippen LogP contribution in [0, 0.1) is 0 Å². The number of aliphatic imine (C=N–C) groups is 1. The number of ether oxygens (including phenoxy) is 2. The molecule has 0 radical (unpaired) electrons. The van der Waals surface area contributed by atoms with Crippen molar-refractivity contribution in [3.05, 3.63) is 29.8 Å². The Kier molecular flexibility index (Phi) is 3.97. The number of hydrogen-bond acceptors (Lipinski definition) is 4. The lowest BCUT2D eigenvalue weighted by atomic mass is 10.1. The Balaban J connectivity index is 2.20. The molecule has 1 atom stereocenters. The van der Waals surface area contributed by atoms with Crippen LogP contribution in [0.5, 0.6) is 5.75 Å². The van der Waals surface area contributed by atoms with Gasteiger partial charge in [0.25, 0.3) is 0 Å². The van der Waals surface area contributed by atoms with Gasteiger partial charge in [-0.2, -0.15) is 0 Å². The summed E-state index contributed by atoms with van der Waals surface area (Å²) in [5.74, 6) is 0.558. The smallest absolute Gasteiger partial charge is 0.330 e. The van der Waals surface area contributed by atoms with E-state index >= 15 is 0 Å². The van der Waals surface area contributed by atoms with Gasteiger partial charge in [0.2, 0.25) is 0 Å². The number of benzene rings is 1. The van der Waals surface area contributed by atoms with Crippen molar-refractivity contribution in [1.82, 2.24) is 0 Å². The van der Waals surface area contributed by atoms with Crippen molar-refractivity contribution >= 4 is 11.7 Å². The molecule has 0 aliphatic carbocycles. The predicted octanol–water partition coefficient (Wildman–Crippen LogP) is 2.21. The van der Waals surface area contributed by atoms with Gasteiger partial charge in [-0.05, 0) is 31.9 Å². The summed E-state index contributed by atoms with van der Waals surface area (Å²) in [5.41, 5.74) is 1.89. The van der Waals surface area contributed by atoms with Crippen LogP contribution in [0.1, 0.15) is 25.3 Å². The van der Waals surface area contributed by atoms with Crippen molar-refractivity contribution < 1.29 is 14.3 Å². The number of hydrogen-bond donors (Lipinski definition) is 0. The highest BCUT2D eigenvalue weighted by Gasteiger charge is 2.26. The summed E-state index contributed by atoms with van der Waals surface area (Å²) in [5, 5.41) is 0. The first-order chi connectivity index (χ1) is 8.76. The van der Waals surface area contributed by atoms with Gasteiger partial charge in [0.1, 0.15) is 11.8 Å². The summed E-state index contributed by atoms with van der Waals surface area (Å²) in [6.45, 7) is 2.20. The van der Waals surface area contributed by atoms with Crippen LogP contribution in [0.25, 0.3) is 0 Å². The molecule has 1 heterocycles. The maximum Gasteiger partial charge on any atom is 0.330 e. The molecular formula is C14H17NO3. The van der Waals surface area contributed by atoms with Crippen LogP contribution in [-0.4, -0.2) is 31.4 Å². The van der Waals surface area contributed by atoms with E-state index in [0.717, 1.165) is 23.4 Å². The molecule has 0 fully saturated rings. The highest BCUT2D eigenvalue weighted by Crippen LogP contribution is 2.25. The Morgan fingerprint density at radius 1 is 1.44 bits per heavy atom. The SMILES string of the molecule is CCOC(=O)[C@@H]1CCC(c2ccccc2OC)=N1. The first-order valence-electron chi connectivity index (χ1n) is 6.13. The minimum absolute atomic E-state index is 0.234. The molecule has 96 valence electrons. The second kappa shape index (κ2) is 5.67. The Labute approximate surface area is 107 Å². The molecule has 0 amide bonds. The van der Waals surface area contributed by atoms with Gasteiger partial charge < -0.3 is 9.47 Å². The summed E-state index contributed by atoms with van der Waals surface area (Å²) in [6.07, 6.45) is 1.50. The number of carbonyl (C=O) groups is 1. The quantitative estimate of drug-likeness (QED) is 0.766. The van der Waals surface area contributed by atoms with Gasteiger partial charge in [-0.15, -0.1) is 0 Å². The molecule has 18 heavy (non-hydrogen) atoms. The highest BCUT2D eigenvalue weighted by molar-refractivity contribution is 6.05. The molecule has 0 unspecified atom stereocenters. The average molecular weight is 247 g/mol. The molecule has 4 nitrogen and oxygen atoms in total. The number of esters is 1. The lowest BCUT2D eigenvalue weighted by Gasteiger charge is -2.07. The van der Waals surface area contributed by atoms with E-state index < -0.39 is 0 Å². The number of methoxy groups -OCH3 is 1. The maximum absolute atomic E-state index is 11.6. The van der Waals surface area contributed by atoms with Crippen molar-refractivity contribution in [2.45, 2.75) is 25.8 Å². The molecule has 0 saturated heterocycles. The zero-order valence-corrected chi connectivity index (χ0v) is 10.7. The van der Waals surface area contributed by atoms with Crippen LogP contribution in [0.4, 0.5) is 0 Å². The number of carbonyl (C=O) groups excluding carboxylic acids is 1. The third-order valence-corrected chi connectivity index (χ3v) is 2.94. The van der Waals surface area contributed by atoms with Gasteiger partial charge in [0, 0.05) is 11.3 Å². The predicted molar refractivity (Wildman–Crippen MR) is 69.2 cm³/mol. The van der Waals surface area contributed by atoms with Crippen molar-refractivity contribution in [1.29, 1.82) is 0 Å². The highest BCUT2D eigenvalue weighted by atomic mass is 16.5. The number of rotatable bonds is 4. The first kappa shape index (κ1) is 12.6. The van der Waals surface area contributed by atoms with Crippen molar-refractivity contribution in [2.75, 3.05) is 13.7 Å². The lowest BCUT2D eigenvalue weighted by Crippen LogP contribution is -2.18. The fourth-order valence-electron chi connectivity index (χ4n) is 2.09. The van der Waals surface area contributed by atoms with Crippen molar-refractivity contribution in [3.63, 3.8) is 0 Å². The summed E-state index contributed by atoms with van der Waals surface area (Å²) < 4.78 is 10.3. The molecule has 1 aromatic rings. The molecule has 4 heteroatoms. The van der Waals surface area contributed by atoms with Crippen LogP contribution >= 0.6 is 0 Å². The summed E-state index contributed by atoms with van der Waals surface area (Å²) in [4.78, 5) is 16.1. The molecule has 0 N–H and O–H groups in total. The van der Waals surface area contributed by atoms with E-state index in [9.17, 15) is 4.79 Å². The Bertz CT molecular complexity index is 468. The van der Waals surface area contributed by atoms with Gasteiger partial charge in [-0.25, -0.2) is 4.79 Å². The van der Waals surface area contributed by atoms with Crippen LogP contribution in [0.3, 0.4) is 0 Å². The van der Waals surface area contributed by atoms with Crippen molar-refractivity contribution in [2.24, 2.45) is 4.99 Å². The maximum atomic E-state index is 11.6. The molecule has 1 aliphatic heterocycles. The number of para-hydroxylation sites is 1. The molecule has 0 aromatic heterocycles. The van der Waals surface area contributed by atoms with Crippen LogP contribution in [-0.2, 0) is 9.53 Å². The minimum Gasteiger partial charge on any atom is -0.496 e. The summed E-state index contributed by atoms with van der Waals surface area (Å²) in [7, 11) is 1.64. The van der Waals surface area contributed by atoms with E-state index in [1.165, 1.54) is 0 Å². The summed E-state index contributed by atoms with van der Waals surface area (Å²) >= 11 is 0. The second-order valence-corrected chi connectivity index (χ2v) is 4.08. The zero-order valence-electron chi connectivity index (χ0n) is 10.7. The monoisotopic (exact) mass is 247 g/mol. The van der Waals surface area contributed by atoms with Crippen LogP contribution in [0.2, 0.25) is 0 Å². The van der Waals surface area contributed by atoms with Crippen LogP contribution < -0.4 is 4.74 Å². The van der Waals surface area contributed by atoms with Crippen molar-refractivity contribution in [3.8, 4) is 5.75 Å². The second-order valence-electron chi connectivity index (χ2n) is 4.08. The van der Waals surface area contributed by atoms with Gasteiger partial charge >= 0.3 is 5.97 Å². The summed E-state index contributed by atoms with van der Waals surface area (Å²) in [6, 6.07) is 7.37. The molecule has 0 bridgehead atoms. The van der Waals surface area contributed by atoms with Gasteiger partial charge in [-0.1, -0.05) is 12.1 Å². The normalized spacial score (nSPS) is 18.3. The molecule has 2 rings (SSSR count). The van der Waals surface area contributed by atoms with E-state index in [1.54, 1.807) is 14.0 Å². The largest absolute Gasteiger partial charge is 0.496 e. The van der Waals surface area contributed by atoms with Gasteiger partial charge in [0.05, 0.1) is 13.7 Å². The number of nitrogens with zero attached hydrogens (tertiary/aromatic N) is 1.